The summed E-state index contributed by atoms with van der Waals surface area (Å²) in [4.78, 5) is 23.1. The van der Waals surface area contributed by atoms with Crippen molar-refractivity contribution < 1.29 is 19.4 Å². The standard InChI is InChI=1S/C11H19N3O4/c1-14-10(16)4-3-9(13-14)11(17)12-8(5-6-15)7-18-2/h8,15H,3-7H2,1-2H3,(H,12,17). The van der Waals surface area contributed by atoms with Crippen molar-refractivity contribution in [2.75, 3.05) is 27.4 Å². The second-order valence-corrected chi connectivity index (χ2v) is 4.10. The molecular formula is C11H19N3O4. The van der Waals surface area contributed by atoms with Crippen LogP contribution in [0.15, 0.2) is 5.10 Å². The fourth-order valence-electron chi connectivity index (χ4n) is 1.66. The lowest BCUT2D eigenvalue weighted by Gasteiger charge is -2.21. The van der Waals surface area contributed by atoms with Crippen LogP contribution in [0.25, 0.3) is 0 Å². The smallest absolute Gasteiger partial charge is 0.267 e. The molecule has 2 amide bonds. The topological polar surface area (TPSA) is 91.2 Å². The Morgan fingerprint density at radius 3 is 2.89 bits per heavy atom. The van der Waals surface area contributed by atoms with Crippen LogP contribution >= 0.6 is 0 Å². The van der Waals surface area contributed by atoms with Gasteiger partial charge in [0.05, 0.1) is 12.6 Å². The molecule has 1 aliphatic rings. The molecule has 0 aromatic rings. The Morgan fingerprint density at radius 1 is 1.61 bits per heavy atom. The fourth-order valence-corrected chi connectivity index (χ4v) is 1.66. The summed E-state index contributed by atoms with van der Waals surface area (Å²) in [6.45, 7) is 0.299. The highest BCUT2D eigenvalue weighted by molar-refractivity contribution is 6.39. The molecule has 0 aromatic heterocycles. The summed E-state index contributed by atoms with van der Waals surface area (Å²) in [5.41, 5.74) is 0.330. The lowest BCUT2D eigenvalue weighted by molar-refractivity contribution is -0.130. The van der Waals surface area contributed by atoms with Crippen LogP contribution in [0.4, 0.5) is 0 Å². The minimum Gasteiger partial charge on any atom is -0.396 e. The highest BCUT2D eigenvalue weighted by Gasteiger charge is 2.23. The van der Waals surface area contributed by atoms with Gasteiger partial charge < -0.3 is 15.2 Å². The fraction of sp³-hybridized carbons (Fsp3) is 0.727. The van der Waals surface area contributed by atoms with Gasteiger partial charge in [-0.05, 0) is 6.42 Å². The number of carbonyl (C=O) groups excluding carboxylic acids is 2. The zero-order valence-corrected chi connectivity index (χ0v) is 10.7. The molecule has 7 heteroatoms. The number of hydrogen-bond acceptors (Lipinski definition) is 5. The molecule has 1 unspecified atom stereocenters. The van der Waals surface area contributed by atoms with Gasteiger partial charge in [-0.15, -0.1) is 0 Å². The van der Waals surface area contributed by atoms with Crippen LogP contribution in [0.5, 0.6) is 0 Å². The van der Waals surface area contributed by atoms with Gasteiger partial charge >= 0.3 is 0 Å². The first-order valence-electron chi connectivity index (χ1n) is 5.83. The van der Waals surface area contributed by atoms with E-state index in [2.05, 4.69) is 10.4 Å². The van der Waals surface area contributed by atoms with Crippen molar-refractivity contribution >= 4 is 17.5 Å². The molecule has 0 saturated carbocycles. The van der Waals surface area contributed by atoms with E-state index in [9.17, 15) is 9.59 Å². The summed E-state index contributed by atoms with van der Waals surface area (Å²) in [6, 6.07) is -0.252. The van der Waals surface area contributed by atoms with Crippen LogP contribution in [0.2, 0.25) is 0 Å². The number of methoxy groups -OCH3 is 1. The molecule has 7 nitrogen and oxygen atoms in total. The largest absolute Gasteiger partial charge is 0.396 e. The molecule has 0 fully saturated rings. The molecule has 1 rings (SSSR count). The molecule has 102 valence electrons. The van der Waals surface area contributed by atoms with Gasteiger partial charge in [0.25, 0.3) is 5.91 Å². The second-order valence-electron chi connectivity index (χ2n) is 4.10. The number of nitrogens with one attached hydrogen (secondary N) is 1. The minimum atomic E-state index is -0.315. The van der Waals surface area contributed by atoms with E-state index in [1.165, 1.54) is 19.2 Å². The molecule has 0 aliphatic carbocycles. The maximum absolute atomic E-state index is 11.9. The molecule has 0 bridgehead atoms. The first-order valence-corrected chi connectivity index (χ1v) is 5.83. The van der Waals surface area contributed by atoms with E-state index in [0.29, 0.717) is 25.2 Å². The zero-order valence-electron chi connectivity index (χ0n) is 10.7. The summed E-state index contributed by atoms with van der Waals surface area (Å²) in [6.07, 6.45) is 1.05. The molecule has 0 radical (unpaired) electrons. The van der Waals surface area contributed by atoms with E-state index in [1.807, 2.05) is 0 Å². The predicted octanol–water partition coefficient (Wildman–Crippen LogP) is -0.892. The van der Waals surface area contributed by atoms with Gasteiger partial charge in [0.15, 0.2) is 0 Å². The van der Waals surface area contributed by atoms with Crippen LogP contribution in [-0.2, 0) is 14.3 Å². The zero-order chi connectivity index (χ0) is 13.5. The van der Waals surface area contributed by atoms with Crippen molar-refractivity contribution in [2.45, 2.75) is 25.3 Å². The number of nitrogens with zero attached hydrogens (tertiary/aromatic N) is 2. The summed E-state index contributed by atoms with van der Waals surface area (Å²) in [7, 11) is 3.05. The van der Waals surface area contributed by atoms with E-state index in [4.69, 9.17) is 9.84 Å². The molecule has 18 heavy (non-hydrogen) atoms. The Labute approximate surface area is 106 Å². The van der Waals surface area contributed by atoms with Crippen molar-refractivity contribution in [3.05, 3.63) is 0 Å². The molecule has 1 aliphatic heterocycles. The van der Waals surface area contributed by atoms with Gasteiger partial charge in [-0.25, -0.2) is 5.01 Å². The Hall–Kier alpha value is -1.47. The summed E-state index contributed by atoms with van der Waals surface area (Å²) in [5.74, 6) is -0.416. The predicted molar refractivity (Wildman–Crippen MR) is 64.9 cm³/mol. The van der Waals surface area contributed by atoms with E-state index in [-0.39, 0.29) is 30.9 Å². The maximum Gasteiger partial charge on any atom is 0.267 e. The average molecular weight is 257 g/mol. The van der Waals surface area contributed by atoms with E-state index in [1.54, 1.807) is 0 Å². The lowest BCUT2D eigenvalue weighted by Crippen LogP contribution is -2.44. The molecule has 2 N–H and O–H groups in total. The Balaban J connectivity index is 2.58. The third-order valence-electron chi connectivity index (χ3n) is 2.65. The number of hydrogen-bond donors (Lipinski definition) is 2. The number of carbonyl (C=O) groups is 2. The van der Waals surface area contributed by atoms with E-state index < -0.39 is 0 Å². The number of amides is 2. The Kier molecular flexibility index (Phi) is 5.73. The quantitative estimate of drug-likeness (QED) is 0.645. The molecule has 1 heterocycles. The van der Waals surface area contributed by atoms with Crippen molar-refractivity contribution in [3.63, 3.8) is 0 Å². The normalized spacial score (nSPS) is 17.4. The van der Waals surface area contributed by atoms with Crippen LogP contribution in [0.1, 0.15) is 19.3 Å². The minimum absolute atomic E-state index is 0.0286. The van der Waals surface area contributed by atoms with Gasteiger partial charge in [-0.3, -0.25) is 9.59 Å². The Bertz CT molecular complexity index is 337. The Morgan fingerprint density at radius 2 is 2.33 bits per heavy atom. The highest BCUT2D eigenvalue weighted by Crippen LogP contribution is 2.07. The summed E-state index contributed by atoms with van der Waals surface area (Å²) < 4.78 is 4.95. The van der Waals surface area contributed by atoms with Gasteiger partial charge in [-0.1, -0.05) is 0 Å². The summed E-state index contributed by atoms with van der Waals surface area (Å²) in [5, 5.41) is 16.7. The van der Waals surface area contributed by atoms with Gasteiger partial charge in [0.2, 0.25) is 5.91 Å². The third kappa shape index (κ3) is 4.08. The van der Waals surface area contributed by atoms with Gasteiger partial charge in [0, 0.05) is 33.6 Å². The van der Waals surface area contributed by atoms with Crippen LogP contribution in [0, 0.1) is 0 Å². The highest BCUT2D eigenvalue weighted by atomic mass is 16.5. The number of aliphatic hydroxyl groups excluding tert-OH is 1. The molecule has 0 spiro atoms. The van der Waals surface area contributed by atoms with Crippen molar-refractivity contribution in [3.8, 4) is 0 Å². The van der Waals surface area contributed by atoms with Gasteiger partial charge in [0.1, 0.15) is 5.71 Å². The number of rotatable bonds is 6. The van der Waals surface area contributed by atoms with Crippen molar-refractivity contribution in [2.24, 2.45) is 5.10 Å². The molecule has 0 saturated heterocycles. The van der Waals surface area contributed by atoms with Crippen LogP contribution in [0.3, 0.4) is 0 Å². The van der Waals surface area contributed by atoms with E-state index >= 15 is 0 Å². The second kappa shape index (κ2) is 7.07. The van der Waals surface area contributed by atoms with Crippen molar-refractivity contribution in [1.82, 2.24) is 10.3 Å². The average Bonchev–Trinajstić information content (AvgIpc) is 2.33. The summed E-state index contributed by atoms with van der Waals surface area (Å²) >= 11 is 0. The molecule has 1 atom stereocenters. The van der Waals surface area contributed by atoms with Gasteiger partial charge in [-0.2, -0.15) is 5.10 Å². The number of hydrazone groups is 1. The first kappa shape index (κ1) is 14.6. The maximum atomic E-state index is 11.9. The van der Waals surface area contributed by atoms with Crippen molar-refractivity contribution in [1.29, 1.82) is 0 Å². The van der Waals surface area contributed by atoms with Crippen LogP contribution < -0.4 is 5.32 Å². The number of ether oxygens (including phenoxy) is 1. The van der Waals surface area contributed by atoms with E-state index in [0.717, 1.165) is 0 Å². The first-order chi connectivity index (χ1) is 8.58. The monoisotopic (exact) mass is 257 g/mol. The SMILES string of the molecule is COCC(CCO)NC(=O)C1=NN(C)C(=O)CC1. The molecule has 0 aromatic carbocycles. The number of aliphatic hydroxyl groups is 1. The lowest BCUT2D eigenvalue weighted by atomic mass is 10.1. The third-order valence-corrected chi connectivity index (χ3v) is 2.65. The molecular weight excluding hydrogens is 238 g/mol. The van der Waals surface area contributed by atoms with Crippen LogP contribution in [-0.4, -0.2) is 61.1 Å².